The van der Waals surface area contributed by atoms with Gasteiger partial charge >= 0.3 is 6.09 Å². The fourth-order valence-electron chi connectivity index (χ4n) is 3.02. The first-order valence-corrected chi connectivity index (χ1v) is 7.65. The largest absolute Gasteiger partial charge is 0.441 e. The summed E-state index contributed by atoms with van der Waals surface area (Å²) in [5.41, 5.74) is 0.507. The van der Waals surface area contributed by atoms with Crippen LogP contribution in [-0.2, 0) is 11.3 Å². The van der Waals surface area contributed by atoms with Gasteiger partial charge in [-0.1, -0.05) is 5.16 Å². The predicted octanol–water partition coefficient (Wildman–Crippen LogP) is 1.21. The Bertz CT molecular complexity index is 694. The first-order chi connectivity index (χ1) is 11.2. The van der Waals surface area contributed by atoms with Gasteiger partial charge in [-0.25, -0.2) is 4.79 Å². The van der Waals surface area contributed by atoms with Crippen molar-refractivity contribution in [2.75, 3.05) is 19.6 Å². The Morgan fingerprint density at radius 3 is 2.91 bits per heavy atom. The molecular formula is C15H17N5O3. The fraction of sp³-hybridized carbons (Fsp3) is 0.467. The summed E-state index contributed by atoms with van der Waals surface area (Å²) in [5, 5.41) is 6.74. The lowest BCUT2D eigenvalue weighted by atomic mass is 9.92. The molecule has 1 N–H and O–H groups in total. The number of aromatic nitrogens is 3. The van der Waals surface area contributed by atoms with E-state index in [4.69, 9.17) is 9.26 Å². The molecule has 0 aliphatic carbocycles. The van der Waals surface area contributed by atoms with E-state index >= 15 is 0 Å². The molecule has 0 radical (unpaired) electrons. The standard InChI is InChI=1S/C15H17N5O3/c21-14-17-10-15(22-14)3-6-20(7-4-15)9-12-18-13(19-23-12)11-2-1-5-16-8-11/h1-2,5,8H,3-4,6-7,9-10H2,(H,17,21). The first-order valence-electron chi connectivity index (χ1n) is 7.65. The highest BCUT2D eigenvalue weighted by Crippen LogP contribution is 2.29. The number of pyridine rings is 1. The number of hydrogen-bond donors (Lipinski definition) is 1. The van der Waals surface area contributed by atoms with Crippen LogP contribution in [0.3, 0.4) is 0 Å². The lowest BCUT2D eigenvalue weighted by Gasteiger charge is -2.36. The van der Waals surface area contributed by atoms with E-state index in [1.165, 1.54) is 0 Å². The molecular weight excluding hydrogens is 298 g/mol. The van der Waals surface area contributed by atoms with Gasteiger partial charge in [0.05, 0.1) is 13.1 Å². The fourth-order valence-corrected chi connectivity index (χ4v) is 3.02. The molecule has 120 valence electrons. The predicted molar refractivity (Wildman–Crippen MR) is 79.3 cm³/mol. The lowest BCUT2D eigenvalue weighted by Crippen LogP contribution is -2.46. The van der Waals surface area contributed by atoms with E-state index < -0.39 is 0 Å². The molecule has 4 heterocycles. The van der Waals surface area contributed by atoms with Gasteiger partial charge in [0.1, 0.15) is 5.60 Å². The maximum absolute atomic E-state index is 11.2. The van der Waals surface area contributed by atoms with Crippen LogP contribution < -0.4 is 5.32 Å². The second kappa shape index (κ2) is 5.62. The number of nitrogens with one attached hydrogen (secondary N) is 1. The number of nitrogens with zero attached hydrogens (tertiary/aromatic N) is 4. The number of carbonyl (C=O) groups excluding carboxylic acids is 1. The first kappa shape index (κ1) is 14.1. The third-order valence-corrected chi connectivity index (χ3v) is 4.38. The van der Waals surface area contributed by atoms with Crippen LogP contribution in [0.4, 0.5) is 4.79 Å². The third-order valence-electron chi connectivity index (χ3n) is 4.38. The normalized spacial score (nSPS) is 20.4. The maximum Gasteiger partial charge on any atom is 0.407 e. The van der Waals surface area contributed by atoms with Gasteiger partial charge in [-0.05, 0) is 12.1 Å². The van der Waals surface area contributed by atoms with Crippen molar-refractivity contribution in [2.45, 2.75) is 25.0 Å². The molecule has 2 aromatic rings. The summed E-state index contributed by atoms with van der Waals surface area (Å²) in [5.74, 6) is 1.14. The van der Waals surface area contributed by atoms with Crippen molar-refractivity contribution in [2.24, 2.45) is 0 Å². The van der Waals surface area contributed by atoms with Crippen molar-refractivity contribution in [3.63, 3.8) is 0 Å². The molecule has 1 amide bonds. The molecule has 2 aliphatic rings. The van der Waals surface area contributed by atoms with Crippen LogP contribution in [0.2, 0.25) is 0 Å². The molecule has 23 heavy (non-hydrogen) atoms. The minimum absolute atomic E-state index is 0.309. The zero-order valence-corrected chi connectivity index (χ0v) is 12.6. The zero-order valence-electron chi connectivity index (χ0n) is 12.6. The average Bonchev–Trinajstić information content (AvgIpc) is 3.18. The number of amides is 1. The Hall–Kier alpha value is -2.48. The van der Waals surface area contributed by atoms with Crippen LogP contribution in [-0.4, -0.2) is 51.4 Å². The molecule has 0 aromatic carbocycles. The molecule has 8 nitrogen and oxygen atoms in total. The van der Waals surface area contributed by atoms with Crippen molar-refractivity contribution < 1.29 is 14.1 Å². The van der Waals surface area contributed by atoms with E-state index in [9.17, 15) is 4.79 Å². The Morgan fingerprint density at radius 1 is 1.35 bits per heavy atom. The van der Waals surface area contributed by atoms with Crippen LogP contribution in [0.15, 0.2) is 29.0 Å². The van der Waals surface area contributed by atoms with Gasteiger partial charge in [0, 0.05) is 43.9 Å². The molecule has 2 aliphatic heterocycles. The van der Waals surface area contributed by atoms with Gasteiger partial charge in [-0.3, -0.25) is 9.88 Å². The minimum atomic E-state index is -0.330. The molecule has 8 heteroatoms. The van der Waals surface area contributed by atoms with Crippen molar-refractivity contribution in [3.8, 4) is 11.4 Å². The van der Waals surface area contributed by atoms with E-state index in [2.05, 4.69) is 25.3 Å². The van der Waals surface area contributed by atoms with Crippen LogP contribution in [0.1, 0.15) is 18.7 Å². The monoisotopic (exact) mass is 315 g/mol. The molecule has 0 bridgehead atoms. The zero-order chi connectivity index (χ0) is 15.7. The van der Waals surface area contributed by atoms with Crippen LogP contribution in [0, 0.1) is 0 Å². The summed E-state index contributed by atoms with van der Waals surface area (Å²) in [6.07, 6.45) is 4.74. The SMILES string of the molecule is O=C1NCC2(CCN(Cc3nc(-c4cccnc4)no3)CC2)O1. The summed E-state index contributed by atoms with van der Waals surface area (Å²) < 4.78 is 10.7. The third kappa shape index (κ3) is 2.89. The topological polar surface area (TPSA) is 93.4 Å². The molecule has 2 saturated heterocycles. The number of rotatable bonds is 3. The molecule has 0 atom stereocenters. The van der Waals surface area contributed by atoms with Gasteiger partial charge < -0.3 is 14.6 Å². The number of piperidine rings is 1. The Morgan fingerprint density at radius 2 is 2.22 bits per heavy atom. The van der Waals surface area contributed by atoms with E-state index in [0.29, 0.717) is 24.8 Å². The second-order valence-electron chi connectivity index (χ2n) is 5.96. The molecule has 1 spiro atoms. The quantitative estimate of drug-likeness (QED) is 0.909. The second-order valence-corrected chi connectivity index (χ2v) is 5.96. The smallest absolute Gasteiger partial charge is 0.407 e. The summed E-state index contributed by atoms with van der Waals surface area (Å²) >= 11 is 0. The van der Waals surface area contributed by atoms with Gasteiger partial charge in [0.25, 0.3) is 0 Å². The van der Waals surface area contributed by atoms with E-state index in [1.807, 2.05) is 12.1 Å². The van der Waals surface area contributed by atoms with Crippen LogP contribution in [0.25, 0.3) is 11.4 Å². The van der Waals surface area contributed by atoms with Crippen molar-refractivity contribution in [3.05, 3.63) is 30.4 Å². The Kier molecular flexibility index (Phi) is 3.45. The van der Waals surface area contributed by atoms with E-state index in [-0.39, 0.29) is 11.7 Å². The lowest BCUT2D eigenvalue weighted by molar-refractivity contribution is -0.00310. The van der Waals surface area contributed by atoms with Gasteiger partial charge in [-0.2, -0.15) is 4.98 Å². The van der Waals surface area contributed by atoms with Gasteiger partial charge in [0.15, 0.2) is 0 Å². The molecule has 4 rings (SSSR count). The van der Waals surface area contributed by atoms with Crippen molar-refractivity contribution >= 4 is 6.09 Å². The summed E-state index contributed by atoms with van der Waals surface area (Å²) in [6.45, 7) is 2.87. The van der Waals surface area contributed by atoms with Crippen LogP contribution in [0.5, 0.6) is 0 Å². The van der Waals surface area contributed by atoms with E-state index in [0.717, 1.165) is 31.5 Å². The summed E-state index contributed by atoms with van der Waals surface area (Å²) in [7, 11) is 0. The van der Waals surface area contributed by atoms with E-state index in [1.54, 1.807) is 12.4 Å². The number of hydrogen-bond acceptors (Lipinski definition) is 7. The molecule has 0 unspecified atom stereocenters. The number of likely N-dealkylation sites (tertiary alicyclic amines) is 1. The van der Waals surface area contributed by atoms with Crippen molar-refractivity contribution in [1.82, 2.24) is 25.3 Å². The average molecular weight is 315 g/mol. The number of ether oxygens (including phenoxy) is 1. The summed E-state index contributed by atoms with van der Waals surface area (Å²) in [4.78, 5) is 21.9. The molecule has 2 aromatic heterocycles. The maximum atomic E-state index is 11.2. The van der Waals surface area contributed by atoms with Gasteiger partial charge in [0.2, 0.25) is 11.7 Å². The molecule has 2 fully saturated rings. The highest BCUT2D eigenvalue weighted by molar-refractivity contribution is 5.70. The highest BCUT2D eigenvalue weighted by Gasteiger charge is 2.42. The van der Waals surface area contributed by atoms with Gasteiger partial charge in [-0.15, -0.1) is 0 Å². The summed E-state index contributed by atoms with van der Waals surface area (Å²) in [6, 6.07) is 3.74. The Balaban J connectivity index is 1.37. The minimum Gasteiger partial charge on any atom is -0.441 e. The Labute approximate surface area is 132 Å². The van der Waals surface area contributed by atoms with Crippen molar-refractivity contribution in [1.29, 1.82) is 0 Å². The molecule has 0 saturated carbocycles. The highest BCUT2D eigenvalue weighted by atomic mass is 16.6. The van der Waals surface area contributed by atoms with Crippen LogP contribution >= 0.6 is 0 Å². The number of alkyl carbamates (subject to hydrolysis) is 1. The number of carbonyl (C=O) groups is 1.